The van der Waals surface area contributed by atoms with Crippen LogP contribution in [0.4, 0.5) is 0 Å². The van der Waals surface area contributed by atoms with Crippen LogP contribution in [0.1, 0.15) is 50.3 Å². The van der Waals surface area contributed by atoms with Gasteiger partial charge in [-0.2, -0.15) is 0 Å². The molecule has 3 aromatic rings. The van der Waals surface area contributed by atoms with Gasteiger partial charge in [0.2, 0.25) is 0 Å². The molecule has 0 radical (unpaired) electrons. The second-order valence-corrected chi connectivity index (χ2v) is 6.21. The lowest BCUT2D eigenvalue weighted by Gasteiger charge is -2.22. The van der Waals surface area contributed by atoms with Crippen molar-refractivity contribution in [3.8, 4) is 0 Å². The molecule has 0 fully saturated rings. The van der Waals surface area contributed by atoms with Crippen molar-refractivity contribution in [2.45, 2.75) is 25.3 Å². The molecule has 26 heavy (non-hydrogen) atoms. The SMILES string of the molecule is O=C1CC(c2ccco2)Cc2[nH]c(=O)c(C(=O)NCc3ccco3)cc21. The van der Waals surface area contributed by atoms with E-state index in [1.54, 1.807) is 24.5 Å². The van der Waals surface area contributed by atoms with Gasteiger partial charge >= 0.3 is 0 Å². The summed E-state index contributed by atoms with van der Waals surface area (Å²) in [6.45, 7) is 0.164. The van der Waals surface area contributed by atoms with Crippen LogP contribution in [-0.4, -0.2) is 16.7 Å². The average Bonchev–Trinajstić information content (AvgIpc) is 3.32. The summed E-state index contributed by atoms with van der Waals surface area (Å²) in [6, 6.07) is 8.39. The molecule has 1 atom stereocenters. The Labute approximate surface area is 148 Å². The van der Waals surface area contributed by atoms with Crippen LogP contribution in [0.15, 0.2) is 56.5 Å². The van der Waals surface area contributed by atoms with Crippen LogP contribution in [0, 0.1) is 0 Å². The number of rotatable bonds is 4. The first-order valence-corrected chi connectivity index (χ1v) is 8.25. The molecule has 7 heteroatoms. The number of ketones is 1. The van der Waals surface area contributed by atoms with Crippen LogP contribution < -0.4 is 10.9 Å². The summed E-state index contributed by atoms with van der Waals surface area (Å²) < 4.78 is 10.5. The molecule has 0 aliphatic heterocycles. The summed E-state index contributed by atoms with van der Waals surface area (Å²) in [7, 11) is 0. The topological polar surface area (TPSA) is 105 Å². The van der Waals surface area contributed by atoms with Gasteiger partial charge in [-0.15, -0.1) is 0 Å². The molecule has 7 nitrogen and oxygen atoms in total. The van der Waals surface area contributed by atoms with E-state index in [4.69, 9.17) is 8.83 Å². The number of Topliss-reactive ketones (excluding diaryl/α,β-unsaturated/α-hetero) is 1. The molecular weight excluding hydrogens is 336 g/mol. The molecule has 0 saturated carbocycles. The van der Waals surface area contributed by atoms with E-state index in [0.717, 1.165) is 0 Å². The number of aromatic amines is 1. The van der Waals surface area contributed by atoms with E-state index in [1.807, 2.05) is 6.07 Å². The zero-order chi connectivity index (χ0) is 18.1. The number of fused-ring (bicyclic) bond motifs is 1. The number of aromatic nitrogens is 1. The van der Waals surface area contributed by atoms with Crippen molar-refractivity contribution in [3.63, 3.8) is 0 Å². The summed E-state index contributed by atoms with van der Waals surface area (Å²) >= 11 is 0. The molecule has 1 aliphatic carbocycles. The lowest BCUT2D eigenvalue weighted by Crippen LogP contribution is -2.32. The lowest BCUT2D eigenvalue weighted by molar-refractivity contribution is 0.0946. The number of carbonyl (C=O) groups excluding carboxylic acids is 2. The van der Waals surface area contributed by atoms with Crippen molar-refractivity contribution >= 4 is 11.7 Å². The third-order valence-corrected chi connectivity index (χ3v) is 4.50. The summed E-state index contributed by atoms with van der Waals surface area (Å²) in [4.78, 5) is 39.8. The van der Waals surface area contributed by atoms with Crippen molar-refractivity contribution in [3.05, 3.63) is 81.6 Å². The fourth-order valence-electron chi connectivity index (χ4n) is 3.20. The lowest BCUT2D eigenvalue weighted by atomic mass is 9.84. The Bertz CT molecular complexity index is 999. The van der Waals surface area contributed by atoms with E-state index in [2.05, 4.69) is 10.3 Å². The van der Waals surface area contributed by atoms with Gasteiger partial charge < -0.3 is 19.1 Å². The minimum absolute atomic E-state index is 0.0832. The van der Waals surface area contributed by atoms with E-state index >= 15 is 0 Å². The molecule has 0 spiro atoms. The standard InChI is InChI=1S/C19H16N2O5/c22-16-8-11(17-4-2-6-26-17)7-15-13(16)9-14(19(24)21-15)18(23)20-10-12-3-1-5-25-12/h1-6,9,11H,7-8,10H2,(H,20,23)(H,21,24). The van der Waals surface area contributed by atoms with Crippen LogP contribution in [0.2, 0.25) is 0 Å². The molecule has 0 bridgehead atoms. The van der Waals surface area contributed by atoms with E-state index < -0.39 is 11.5 Å². The van der Waals surface area contributed by atoms with E-state index in [9.17, 15) is 14.4 Å². The van der Waals surface area contributed by atoms with Gasteiger partial charge in [0.05, 0.1) is 19.1 Å². The van der Waals surface area contributed by atoms with E-state index in [-0.39, 0.29) is 30.2 Å². The van der Waals surface area contributed by atoms with Crippen LogP contribution >= 0.6 is 0 Å². The molecule has 132 valence electrons. The molecule has 0 saturated heterocycles. The van der Waals surface area contributed by atoms with Gasteiger partial charge in [0.25, 0.3) is 11.5 Å². The minimum Gasteiger partial charge on any atom is -0.469 e. The van der Waals surface area contributed by atoms with Gasteiger partial charge in [0.15, 0.2) is 5.78 Å². The highest BCUT2D eigenvalue weighted by molar-refractivity contribution is 6.02. The van der Waals surface area contributed by atoms with Crippen molar-refractivity contribution in [1.29, 1.82) is 0 Å². The minimum atomic E-state index is -0.550. The maximum atomic E-state index is 12.5. The summed E-state index contributed by atoms with van der Waals surface area (Å²) in [5.41, 5.74) is 0.319. The summed E-state index contributed by atoms with van der Waals surface area (Å²) in [5, 5.41) is 2.62. The van der Waals surface area contributed by atoms with Crippen LogP contribution in [0.5, 0.6) is 0 Å². The summed E-state index contributed by atoms with van der Waals surface area (Å²) in [6.07, 6.45) is 3.82. The van der Waals surface area contributed by atoms with Crippen LogP contribution in [0.3, 0.4) is 0 Å². The van der Waals surface area contributed by atoms with Gasteiger partial charge in [0.1, 0.15) is 17.1 Å². The Morgan fingerprint density at radius 2 is 1.96 bits per heavy atom. The molecular formula is C19H16N2O5. The fraction of sp³-hybridized carbons (Fsp3) is 0.211. The highest BCUT2D eigenvalue weighted by atomic mass is 16.3. The number of H-pyrrole nitrogens is 1. The smallest absolute Gasteiger partial charge is 0.261 e. The Kier molecular flexibility index (Phi) is 4.04. The predicted octanol–water partition coefficient (Wildman–Crippen LogP) is 2.40. The predicted molar refractivity (Wildman–Crippen MR) is 91.0 cm³/mol. The summed E-state index contributed by atoms with van der Waals surface area (Å²) in [5.74, 6) is 0.505. The zero-order valence-electron chi connectivity index (χ0n) is 13.8. The number of furan rings is 2. The van der Waals surface area contributed by atoms with E-state index in [1.165, 1.54) is 12.3 Å². The number of hydrogen-bond acceptors (Lipinski definition) is 5. The van der Waals surface area contributed by atoms with Gasteiger partial charge in [0, 0.05) is 23.6 Å². The van der Waals surface area contributed by atoms with Crippen molar-refractivity contribution in [2.75, 3.05) is 0 Å². The van der Waals surface area contributed by atoms with Crippen LogP contribution in [-0.2, 0) is 13.0 Å². The van der Waals surface area contributed by atoms with E-state index in [0.29, 0.717) is 29.2 Å². The molecule has 3 aromatic heterocycles. The zero-order valence-corrected chi connectivity index (χ0v) is 13.8. The third-order valence-electron chi connectivity index (χ3n) is 4.50. The number of nitrogens with one attached hydrogen (secondary N) is 2. The number of pyridine rings is 1. The van der Waals surface area contributed by atoms with Crippen molar-refractivity contribution < 1.29 is 18.4 Å². The molecule has 2 N–H and O–H groups in total. The number of carbonyl (C=O) groups is 2. The largest absolute Gasteiger partial charge is 0.469 e. The van der Waals surface area contributed by atoms with Gasteiger partial charge in [-0.25, -0.2) is 0 Å². The number of hydrogen-bond donors (Lipinski definition) is 2. The normalized spacial score (nSPS) is 16.3. The first-order valence-electron chi connectivity index (χ1n) is 8.25. The molecule has 1 unspecified atom stereocenters. The molecule has 4 rings (SSSR count). The average molecular weight is 352 g/mol. The monoisotopic (exact) mass is 352 g/mol. The first-order chi connectivity index (χ1) is 12.6. The van der Waals surface area contributed by atoms with Gasteiger partial charge in [-0.3, -0.25) is 14.4 Å². The second kappa shape index (κ2) is 6.51. The van der Waals surface area contributed by atoms with Gasteiger partial charge in [-0.1, -0.05) is 0 Å². The molecule has 3 heterocycles. The van der Waals surface area contributed by atoms with Crippen molar-refractivity contribution in [2.24, 2.45) is 0 Å². The van der Waals surface area contributed by atoms with Gasteiger partial charge in [-0.05, 0) is 36.8 Å². The Morgan fingerprint density at radius 1 is 1.15 bits per heavy atom. The Balaban J connectivity index is 1.58. The van der Waals surface area contributed by atoms with Crippen molar-refractivity contribution in [1.82, 2.24) is 10.3 Å². The maximum Gasteiger partial charge on any atom is 0.261 e. The molecule has 0 aromatic carbocycles. The molecule has 1 aliphatic rings. The second-order valence-electron chi connectivity index (χ2n) is 6.21. The maximum absolute atomic E-state index is 12.5. The van der Waals surface area contributed by atoms with Crippen LogP contribution in [0.25, 0.3) is 0 Å². The fourth-order valence-corrected chi connectivity index (χ4v) is 3.20. The Hall–Kier alpha value is -3.35. The highest BCUT2D eigenvalue weighted by Gasteiger charge is 2.30. The Morgan fingerprint density at radius 3 is 2.69 bits per heavy atom. The number of amides is 1. The third kappa shape index (κ3) is 2.99. The first kappa shape index (κ1) is 16.1. The molecule has 1 amide bonds. The highest BCUT2D eigenvalue weighted by Crippen LogP contribution is 2.31. The quantitative estimate of drug-likeness (QED) is 0.750.